The quantitative estimate of drug-likeness (QED) is 0.510. The van der Waals surface area contributed by atoms with Crippen LogP contribution >= 0.6 is 0 Å². The molecule has 0 saturated heterocycles. The lowest BCUT2D eigenvalue weighted by atomic mass is 10.2. The van der Waals surface area contributed by atoms with Crippen LogP contribution in [0.1, 0.15) is 0 Å². The maximum atomic E-state index is 11.1. The van der Waals surface area contributed by atoms with Gasteiger partial charge >= 0.3 is 11.7 Å². The van der Waals surface area contributed by atoms with Crippen molar-refractivity contribution in [2.24, 2.45) is 0 Å². The molecule has 7 nitrogen and oxygen atoms in total. The summed E-state index contributed by atoms with van der Waals surface area (Å²) in [6.45, 7) is 0.256. The standard InChI is InChI=1S/C11H14N4O3/c1-12-9(10(16)17)5-13-6-2-3-7-8(4-6)15-11(18)14-7/h2-4,9,12-13H,5H2,1H3,(H,16,17)(H2,14,15,18). The van der Waals surface area contributed by atoms with E-state index < -0.39 is 12.0 Å². The molecule has 0 radical (unpaired) electrons. The molecule has 0 amide bonds. The summed E-state index contributed by atoms with van der Waals surface area (Å²) in [5, 5.41) is 14.6. The van der Waals surface area contributed by atoms with E-state index in [-0.39, 0.29) is 12.2 Å². The molecule has 0 spiro atoms. The molecule has 7 heteroatoms. The number of benzene rings is 1. The van der Waals surface area contributed by atoms with Crippen LogP contribution in [0.4, 0.5) is 5.69 Å². The Hall–Kier alpha value is -2.28. The predicted octanol–water partition coefficient (Wildman–Crippen LogP) is -0.0593. The highest BCUT2D eigenvalue weighted by atomic mass is 16.4. The Balaban J connectivity index is 2.12. The third-order valence-electron chi connectivity index (χ3n) is 2.67. The van der Waals surface area contributed by atoms with Crippen LogP contribution in [0.25, 0.3) is 11.0 Å². The van der Waals surface area contributed by atoms with Crippen LogP contribution in [-0.4, -0.2) is 40.7 Å². The molecule has 2 aromatic rings. The van der Waals surface area contributed by atoms with Crippen LogP contribution in [0.15, 0.2) is 23.0 Å². The smallest absolute Gasteiger partial charge is 0.323 e. The molecule has 0 aliphatic carbocycles. The maximum absolute atomic E-state index is 11.1. The van der Waals surface area contributed by atoms with Crippen molar-refractivity contribution in [2.45, 2.75) is 6.04 Å². The molecule has 0 bridgehead atoms. The maximum Gasteiger partial charge on any atom is 0.323 e. The van der Waals surface area contributed by atoms with E-state index in [4.69, 9.17) is 5.11 Å². The number of carboxylic acids is 1. The summed E-state index contributed by atoms with van der Waals surface area (Å²) in [4.78, 5) is 27.2. The zero-order chi connectivity index (χ0) is 13.1. The fourth-order valence-electron chi connectivity index (χ4n) is 1.68. The Morgan fingerprint density at radius 2 is 2.11 bits per heavy atom. The Bertz CT molecular complexity index is 616. The lowest BCUT2D eigenvalue weighted by Gasteiger charge is -2.13. The summed E-state index contributed by atoms with van der Waals surface area (Å²) in [5.74, 6) is -0.916. The molecule has 1 aromatic carbocycles. The highest BCUT2D eigenvalue weighted by Crippen LogP contribution is 2.14. The van der Waals surface area contributed by atoms with E-state index in [0.29, 0.717) is 11.0 Å². The van der Waals surface area contributed by atoms with Crippen molar-refractivity contribution in [3.8, 4) is 0 Å². The topological polar surface area (TPSA) is 110 Å². The van der Waals surface area contributed by atoms with Crippen LogP contribution in [0.5, 0.6) is 0 Å². The normalized spacial score (nSPS) is 12.5. The number of nitrogens with one attached hydrogen (secondary N) is 4. The van der Waals surface area contributed by atoms with Crippen molar-refractivity contribution in [3.63, 3.8) is 0 Å². The number of likely N-dealkylation sites (N-methyl/N-ethyl adjacent to an activating group) is 1. The number of hydrogen-bond acceptors (Lipinski definition) is 4. The summed E-state index contributed by atoms with van der Waals surface area (Å²) in [6.07, 6.45) is 0. The average molecular weight is 250 g/mol. The number of carbonyl (C=O) groups is 1. The lowest BCUT2D eigenvalue weighted by molar-refractivity contribution is -0.138. The van der Waals surface area contributed by atoms with E-state index in [1.54, 1.807) is 25.2 Å². The van der Waals surface area contributed by atoms with Crippen LogP contribution < -0.4 is 16.3 Å². The van der Waals surface area contributed by atoms with Gasteiger partial charge in [0.05, 0.1) is 11.0 Å². The van der Waals surface area contributed by atoms with Crippen molar-refractivity contribution in [3.05, 3.63) is 28.7 Å². The summed E-state index contributed by atoms with van der Waals surface area (Å²) >= 11 is 0. The number of aromatic nitrogens is 2. The van der Waals surface area contributed by atoms with E-state index in [2.05, 4.69) is 20.6 Å². The van der Waals surface area contributed by atoms with Gasteiger partial charge in [0.15, 0.2) is 0 Å². The van der Waals surface area contributed by atoms with E-state index in [1.807, 2.05) is 0 Å². The van der Waals surface area contributed by atoms with E-state index in [9.17, 15) is 9.59 Å². The molecule has 1 atom stereocenters. The molecule has 0 fully saturated rings. The van der Waals surface area contributed by atoms with Crippen molar-refractivity contribution in [1.29, 1.82) is 0 Å². The largest absolute Gasteiger partial charge is 0.480 e. The number of anilines is 1. The number of aliphatic carboxylic acids is 1. The summed E-state index contributed by atoms with van der Waals surface area (Å²) in [6, 6.07) is 4.62. The summed E-state index contributed by atoms with van der Waals surface area (Å²) in [5.41, 5.74) is 1.88. The fraction of sp³-hybridized carbons (Fsp3) is 0.273. The minimum atomic E-state index is -0.916. The number of rotatable bonds is 5. The van der Waals surface area contributed by atoms with Crippen molar-refractivity contribution in [2.75, 3.05) is 18.9 Å². The molecule has 5 N–H and O–H groups in total. The van der Waals surface area contributed by atoms with E-state index in [1.165, 1.54) is 0 Å². The highest BCUT2D eigenvalue weighted by Gasteiger charge is 2.13. The van der Waals surface area contributed by atoms with Gasteiger partial charge in [0, 0.05) is 12.2 Å². The Morgan fingerprint density at radius 3 is 2.78 bits per heavy atom. The zero-order valence-electron chi connectivity index (χ0n) is 9.78. The SMILES string of the molecule is CNC(CNc1ccc2[nH]c(=O)[nH]c2c1)C(=O)O. The monoisotopic (exact) mass is 250 g/mol. The third-order valence-corrected chi connectivity index (χ3v) is 2.67. The molecule has 0 aliphatic rings. The minimum absolute atomic E-state index is 0.256. The second kappa shape index (κ2) is 4.92. The molecule has 96 valence electrons. The number of imidazole rings is 1. The van der Waals surface area contributed by atoms with Crippen LogP contribution in [0.3, 0.4) is 0 Å². The van der Waals surface area contributed by atoms with E-state index >= 15 is 0 Å². The molecule has 1 unspecified atom stereocenters. The molecule has 18 heavy (non-hydrogen) atoms. The second-order valence-electron chi connectivity index (χ2n) is 3.90. The number of carboxylic acid groups (broad SMARTS) is 1. The molecule has 1 aromatic heterocycles. The van der Waals surface area contributed by atoms with Crippen molar-refractivity contribution in [1.82, 2.24) is 15.3 Å². The van der Waals surface area contributed by atoms with Gasteiger partial charge < -0.3 is 25.7 Å². The number of fused-ring (bicyclic) bond motifs is 1. The van der Waals surface area contributed by atoms with Gasteiger partial charge in [0.1, 0.15) is 6.04 Å². The zero-order valence-corrected chi connectivity index (χ0v) is 9.78. The van der Waals surface area contributed by atoms with Crippen LogP contribution in [0.2, 0.25) is 0 Å². The number of H-pyrrole nitrogens is 2. The molecular formula is C11H14N4O3. The van der Waals surface area contributed by atoms with Gasteiger partial charge in [-0.2, -0.15) is 0 Å². The van der Waals surface area contributed by atoms with Gasteiger partial charge in [-0.05, 0) is 25.2 Å². The molecule has 2 rings (SSSR count). The van der Waals surface area contributed by atoms with Gasteiger partial charge in [0.2, 0.25) is 0 Å². The van der Waals surface area contributed by atoms with Gasteiger partial charge in [-0.3, -0.25) is 4.79 Å². The van der Waals surface area contributed by atoms with Crippen molar-refractivity contribution >= 4 is 22.7 Å². The Kier molecular flexibility index (Phi) is 3.33. The van der Waals surface area contributed by atoms with Crippen LogP contribution in [-0.2, 0) is 4.79 Å². The van der Waals surface area contributed by atoms with Crippen molar-refractivity contribution < 1.29 is 9.90 Å². The number of aromatic amines is 2. The van der Waals surface area contributed by atoms with E-state index in [0.717, 1.165) is 5.69 Å². The van der Waals surface area contributed by atoms with Gasteiger partial charge in [-0.1, -0.05) is 0 Å². The number of hydrogen-bond donors (Lipinski definition) is 5. The highest BCUT2D eigenvalue weighted by molar-refractivity contribution is 5.79. The third kappa shape index (κ3) is 2.51. The van der Waals surface area contributed by atoms with Gasteiger partial charge in [-0.25, -0.2) is 4.79 Å². The average Bonchev–Trinajstić information content (AvgIpc) is 2.68. The Morgan fingerprint density at radius 1 is 1.39 bits per heavy atom. The fourth-order valence-corrected chi connectivity index (χ4v) is 1.68. The summed E-state index contributed by atoms with van der Waals surface area (Å²) in [7, 11) is 1.59. The minimum Gasteiger partial charge on any atom is -0.480 e. The summed E-state index contributed by atoms with van der Waals surface area (Å²) < 4.78 is 0. The van der Waals surface area contributed by atoms with Crippen LogP contribution in [0, 0.1) is 0 Å². The molecular weight excluding hydrogens is 236 g/mol. The first-order valence-corrected chi connectivity index (χ1v) is 5.46. The lowest BCUT2D eigenvalue weighted by Crippen LogP contribution is -2.39. The van der Waals surface area contributed by atoms with Gasteiger partial charge in [-0.15, -0.1) is 0 Å². The molecule has 0 saturated carbocycles. The predicted molar refractivity (Wildman–Crippen MR) is 67.9 cm³/mol. The van der Waals surface area contributed by atoms with Gasteiger partial charge in [0.25, 0.3) is 0 Å². The first kappa shape index (κ1) is 12.2. The molecule has 0 aliphatic heterocycles. The first-order chi connectivity index (χ1) is 8.60. The first-order valence-electron chi connectivity index (χ1n) is 5.46. The Labute approximate surface area is 102 Å². The molecule has 1 heterocycles. The second-order valence-corrected chi connectivity index (χ2v) is 3.90.